The van der Waals surface area contributed by atoms with Crippen molar-refractivity contribution >= 4 is 44.6 Å². The molecule has 0 amide bonds. The second kappa shape index (κ2) is 5.40. The Bertz CT molecular complexity index is 1430. The lowest BCUT2D eigenvalue weighted by Crippen LogP contribution is -2.22. The van der Waals surface area contributed by atoms with Crippen LogP contribution in [0.15, 0.2) is 46.0 Å². The highest BCUT2D eigenvalue weighted by atomic mass is 35.5. The van der Waals surface area contributed by atoms with E-state index in [1.54, 1.807) is 0 Å². The van der Waals surface area contributed by atoms with E-state index in [-0.39, 0.29) is 38.6 Å². The molecule has 9 heteroatoms. The minimum atomic E-state index is -0.623. The van der Waals surface area contributed by atoms with Gasteiger partial charge in [0, 0.05) is 22.5 Å². The summed E-state index contributed by atoms with van der Waals surface area (Å²) in [6, 6.07) is 10.0. The van der Waals surface area contributed by atoms with Gasteiger partial charge in [0.05, 0.1) is 21.2 Å². The van der Waals surface area contributed by atoms with E-state index in [4.69, 9.17) is 11.6 Å². The van der Waals surface area contributed by atoms with Gasteiger partial charge in [-0.15, -0.1) is 0 Å². The molecule has 4 rings (SSSR count). The van der Waals surface area contributed by atoms with Crippen molar-refractivity contribution in [3.63, 3.8) is 0 Å². The van der Waals surface area contributed by atoms with Crippen LogP contribution in [-0.4, -0.2) is 14.3 Å². The minimum absolute atomic E-state index is 0.00146. The number of rotatable bonds is 1. The van der Waals surface area contributed by atoms with Crippen molar-refractivity contribution in [1.29, 1.82) is 5.26 Å². The number of benzene rings is 2. The van der Waals surface area contributed by atoms with Crippen LogP contribution in [0.4, 0.5) is 5.69 Å². The SMILES string of the molecule is N#Cc1c2ccc([N+](=O)[O-])cc2c(=O)n2c1[nH]c(=O)c1ccc(Cl)cc12. The zero-order valence-corrected chi connectivity index (χ0v) is 13.6. The van der Waals surface area contributed by atoms with Crippen molar-refractivity contribution < 1.29 is 4.92 Å². The monoisotopic (exact) mass is 366 g/mol. The van der Waals surface area contributed by atoms with Crippen LogP contribution >= 0.6 is 11.6 Å². The first-order valence-electron chi connectivity index (χ1n) is 7.31. The maximum Gasteiger partial charge on any atom is 0.270 e. The molecular weight excluding hydrogens is 360 g/mol. The van der Waals surface area contributed by atoms with E-state index in [1.165, 1.54) is 30.3 Å². The number of aromatic amines is 1. The fourth-order valence-electron chi connectivity index (χ4n) is 3.02. The lowest BCUT2D eigenvalue weighted by Gasteiger charge is -2.10. The summed E-state index contributed by atoms with van der Waals surface area (Å²) in [6.07, 6.45) is 0. The van der Waals surface area contributed by atoms with E-state index in [1.807, 2.05) is 6.07 Å². The second-order valence-corrected chi connectivity index (χ2v) is 6.02. The molecule has 0 atom stereocenters. The largest absolute Gasteiger partial charge is 0.306 e. The first-order valence-corrected chi connectivity index (χ1v) is 7.68. The lowest BCUT2D eigenvalue weighted by atomic mass is 10.1. The smallest absolute Gasteiger partial charge is 0.270 e. The number of H-pyrrole nitrogens is 1. The zero-order chi connectivity index (χ0) is 18.6. The first-order chi connectivity index (χ1) is 12.4. The highest BCUT2D eigenvalue weighted by Crippen LogP contribution is 2.25. The summed E-state index contributed by atoms with van der Waals surface area (Å²) in [4.78, 5) is 38.4. The minimum Gasteiger partial charge on any atom is -0.306 e. The van der Waals surface area contributed by atoms with Crippen LogP contribution in [-0.2, 0) is 0 Å². The topological polar surface area (TPSA) is 121 Å². The van der Waals surface area contributed by atoms with E-state index >= 15 is 0 Å². The van der Waals surface area contributed by atoms with Crippen molar-refractivity contribution in [1.82, 2.24) is 9.38 Å². The van der Waals surface area contributed by atoms with Crippen LogP contribution in [0.1, 0.15) is 5.56 Å². The van der Waals surface area contributed by atoms with Gasteiger partial charge in [-0.3, -0.25) is 24.1 Å². The van der Waals surface area contributed by atoms with Crippen molar-refractivity contribution in [3.05, 3.63) is 77.8 Å². The third-order valence-corrected chi connectivity index (χ3v) is 4.40. The molecule has 4 aromatic rings. The number of halogens is 1. The molecule has 0 bridgehead atoms. The molecule has 26 heavy (non-hydrogen) atoms. The number of pyridine rings is 1. The van der Waals surface area contributed by atoms with Gasteiger partial charge in [-0.05, 0) is 24.3 Å². The molecule has 0 radical (unpaired) electrons. The Labute approximate surface area is 148 Å². The summed E-state index contributed by atoms with van der Waals surface area (Å²) in [5, 5.41) is 21.3. The number of nitro benzene ring substituents is 1. The lowest BCUT2D eigenvalue weighted by molar-refractivity contribution is -0.384. The molecule has 2 heterocycles. The normalized spacial score (nSPS) is 11.1. The van der Waals surface area contributed by atoms with Gasteiger partial charge in [-0.1, -0.05) is 11.6 Å². The number of nitrogens with zero attached hydrogens (tertiary/aromatic N) is 3. The molecular formula is C17H7ClN4O4. The molecule has 1 N–H and O–H groups in total. The van der Waals surface area contributed by atoms with E-state index in [2.05, 4.69) is 4.98 Å². The molecule has 8 nitrogen and oxygen atoms in total. The number of nitriles is 1. The zero-order valence-electron chi connectivity index (χ0n) is 12.8. The Kier molecular flexibility index (Phi) is 3.29. The molecule has 0 spiro atoms. The molecule has 0 fully saturated rings. The number of aromatic nitrogens is 2. The molecule has 0 saturated carbocycles. The van der Waals surface area contributed by atoms with Gasteiger partial charge in [-0.2, -0.15) is 5.26 Å². The number of hydrogen-bond acceptors (Lipinski definition) is 5. The van der Waals surface area contributed by atoms with Gasteiger partial charge in [0.25, 0.3) is 16.8 Å². The second-order valence-electron chi connectivity index (χ2n) is 5.58. The van der Waals surface area contributed by atoms with E-state index in [9.17, 15) is 25.0 Å². The van der Waals surface area contributed by atoms with Crippen LogP contribution < -0.4 is 11.1 Å². The molecule has 2 aromatic carbocycles. The Morgan fingerprint density at radius 1 is 1.12 bits per heavy atom. The molecule has 126 valence electrons. The summed E-state index contributed by atoms with van der Waals surface area (Å²) in [5.74, 6) is 0. The van der Waals surface area contributed by atoms with Crippen LogP contribution in [0.3, 0.4) is 0 Å². The average Bonchev–Trinajstić information content (AvgIpc) is 2.61. The van der Waals surface area contributed by atoms with Gasteiger partial charge >= 0.3 is 0 Å². The molecule has 0 saturated heterocycles. The van der Waals surface area contributed by atoms with Gasteiger partial charge in [-0.25, -0.2) is 0 Å². The van der Waals surface area contributed by atoms with Gasteiger partial charge in [0.1, 0.15) is 17.3 Å². The van der Waals surface area contributed by atoms with Crippen molar-refractivity contribution in [3.8, 4) is 6.07 Å². The van der Waals surface area contributed by atoms with E-state index in [0.717, 1.165) is 10.5 Å². The average molecular weight is 367 g/mol. The maximum atomic E-state index is 13.0. The summed E-state index contributed by atoms with van der Waals surface area (Å²) < 4.78 is 1.15. The molecule has 0 aliphatic heterocycles. The van der Waals surface area contributed by atoms with Crippen LogP contribution in [0.25, 0.3) is 27.3 Å². The Balaban J connectivity index is 2.39. The molecule has 0 unspecified atom stereocenters. The van der Waals surface area contributed by atoms with Crippen molar-refractivity contribution in [2.75, 3.05) is 0 Å². The van der Waals surface area contributed by atoms with E-state index < -0.39 is 16.0 Å². The molecule has 0 aliphatic carbocycles. The van der Waals surface area contributed by atoms with Crippen molar-refractivity contribution in [2.24, 2.45) is 0 Å². The first kappa shape index (κ1) is 15.8. The van der Waals surface area contributed by atoms with Gasteiger partial charge < -0.3 is 4.98 Å². The number of hydrogen-bond donors (Lipinski definition) is 1. The van der Waals surface area contributed by atoms with Crippen molar-refractivity contribution in [2.45, 2.75) is 0 Å². The van der Waals surface area contributed by atoms with Gasteiger partial charge in [0.15, 0.2) is 0 Å². The number of nitrogens with one attached hydrogen (secondary N) is 1. The number of non-ortho nitro benzene ring substituents is 1. The molecule has 2 aromatic heterocycles. The fourth-order valence-corrected chi connectivity index (χ4v) is 3.19. The standard InChI is InChI=1S/C17H7ClN4O4/c18-8-1-3-11-14(5-8)21-15(20-16(11)23)13(7-19)10-4-2-9(22(25)26)6-12(10)17(21)24/h1-6H,(H,20,23). The Morgan fingerprint density at radius 3 is 2.54 bits per heavy atom. The quantitative estimate of drug-likeness (QED) is 0.240. The number of nitro groups is 1. The summed E-state index contributed by atoms with van der Waals surface area (Å²) in [5.41, 5.74) is -1.08. The highest BCUT2D eigenvalue weighted by molar-refractivity contribution is 6.31. The summed E-state index contributed by atoms with van der Waals surface area (Å²) >= 11 is 6.00. The van der Waals surface area contributed by atoms with Crippen LogP contribution in [0.2, 0.25) is 5.02 Å². The third kappa shape index (κ3) is 2.08. The summed E-state index contributed by atoms with van der Waals surface area (Å²) in [6.45, 7) is 0. The van der Waals surface area contributed by atoms with Crippen LogP contribution in [0.5, 0.6) is 0 Å². The fraction of sp³-hybridized carbons (Fsp3) is 0. The predicted octanol–water partition coefficient (Wildman–Crippen LogP) is 2.73. The maximum absolute atomic E-state index is 13.0. The Morgan fingerprint density at radius 2 is 1.85 bits per heavy atom. The summed E-state index contributed by atoms with van der Waals surface area (Å²) in [7, 11) is 0. The molecule has 0 aliphatic rings. The predicted molar refractivity (Wildman–Crippen MR) is 95.7 cm³/mol. The van der Waals surface area contributed by atoms with Gasteiger partial charge in [0.2, 0.25) is 0 Å². The number of fused-ring (bicyclic) bond motifs is 4. The highest BCUT2D eigenvalue weighted by Gasteiger charge is 2.18. The Hall–Kier alpha value is -3.70. The third-order valence-electron chi connectivity index (χ3n) is 4.17. The van der Waals surface area contributed by atoms with E-state index in [0.29, 0.717) is 5.02 Å². The van der Waals surface area contributed by atoms with Crippen LogP contribution in [0, 0.1) is 21.4 Å².